The zero-order valence-electron chi connectivity index (χ0n) is 21.5. The Morgan fingerprint density at radius 3 is 2.30 bits per heavy atom. The van der Waals surface area contributed by atoms with Crippen molar-refractivity contribution in [2.45, 2.75) is 37.8 Å². The number of hydrogen-bond donors (Lipinski definition) is 1. The van der Waals surface area contributed by atoms with Gasteiger partial charge in [0.1, 0.15) is 18.3 Å². The van der Waals surface area contributed by atoms with E-state index in [2.05, 4.69) is 5.32 Å². The van der Waals surface area contributed by atoms with Crippen LogP contribution in [0.2, 0.25) is 0 Å². The summed E-state index contributed by atoms with van der Waals surface area (Å²) in [6, 6.07) is 21.4. The minimum atomic E-state index is -4.08. The SMILES string of the molecule is CCC(C(=O)NC)N(Cc1cccc(OC)c1)C(=O)CN(c1cccc(C)c1)S(=O)(=O)c1ccccc1. The van der Waals surface area contributed by atoms with E-state index in [1.165, 1.54) is 24.1 Å². The summed E-state index contributed by atoms with van der Waals surface area (Å²) in [6.07, 6.45) is 0.352. The van der Waals surface area contributed by atoms with Crippen LogP contribution in [-0.4, -0.2) is 51.9 Å². The number of ether oxygens (including phenoxy) is 1. The van der Waals surface area contributed by atoms with E-state index in [9.17, 15) is 18.0 Å². The number of likely N-dealkylation sites (N-methyl/N-ethyl adjacent to an activating group) is 1. The summed E-state index contributed by atoms with van der Waals surface area (Å²) in [4.78, 5) is 28.1. The van der Waals surface area contributed by atoms with Gasteiger partial charge in [-0.1, -0.05) is 49.4 Å². The van der Waals surface area contributed by atoms with E-state index in [1.54, 1.807) is 61.7 Å². The Hall–Kier alpha value is -3.85. The maximum absolute atomic E-state index is 13.9. The van der Waals surface area contributed by atoms with Gasteiger partial charge in [-0.2, -0.15) is 0 Å². The maximum atomic E-state index is 13.9. The number of nitrogens with one attached hydrogen (secondary N) is 1. The molecule has 0 aliphatic heterocycles. The highest BCUT2D eigenvalue weighted by molar-refractivity contribution is 7.92. The highest BCUT2D eigenvalue weighted by Gasteiger charge is 2.33. The molecule has 3 aromatic rings. The van der Waals surface area contributed by atoms with Gasteiger partial charge >= 0.3 is 0 Å². The Morgan fingerprint density at radius 2 is 1.68 bits per heavy atom. The first-order chi connectivity index (χ1) is 17.7. The van der Waals surface area contributed by atoms with E-state index < -0.39 is 28.5 Å². The van der Waals surface area contributed by atoms with Crippen molar-refractivity contribution >= 4 is 27.5 Å². The predicted octanol–water partition coefficient (Wildman–Crippen LogP) is 3.75. The lowest BCUT2D eigenvalue weighted by atomic mass is 10.1. The summed E-state index contributed by atoms with van der Waals surface area (Å²) in [5.74, 6) is -0.211. The third-order valence-electron chi connectivity index (χ3n) is 6.02. The second kappa shape index (κ2) is 12.4. The third-order valence-corrected chi connectivity index (χ3v) is 7.81. The fraction of sp³-hybridized carbons (Fsp3) is 0.286. The number of carbonyl (C=O) groups is 2. The molecule has 0 aliphatic rings. The van der Waals surface area contributed by atoms with Crippen LogP contribution in [0.25, 0.3) is 0 Å². The van der Waals surface area contributed by atoms with Gasteiger partial charge < -0.3 is 15.0 Å². The van der Waals surface area contributed by atoms with Crippen LogP contribution in [0.5, 0.6) is 5.75 Å². The fourth-order valence-corrected chi connectivity index (χ4v) is 5.51. The molecule has 9 heteroatoms. The van der Waals surface area contributed by atoms with Crippen molar-refractivity contribution in [1.29, 1.82) is 0 Å². The molecule has 37 heavy (non-hydrogen) atoms. The van der Waals surface area contributed by atoms with Crippen molar-refractivity contribution in [3.63, 3.8) is 0 Å². The van der Waals surface area contributed by atoms with Gasteiger partial charge in [0.25, 0.3) is 10.0 Å². The highest BCUT2D eigenvalue weighted by Crippen LogP contribution is 2.26. The number of aryl methyl sites for hydroxylation is 1. The van der Waals surface area contributed by atoms with Crippen LogP contribution in [0.1, 0.15) is 24.5 Å². The van der Waals surface area contributed by atoms with Crippen LogP contribution in [0.3, 0.4) is 0 Å². The van der Waals surface area contributed by atoms with Gasteiger partial charge in [-0.25, -0.2) is 8.42 Å². The first-order valence-corrected chi connectivity index (χ1v) is 13.4. The van der Waals surface area contributed by atoms with Crippen LogP contribution in [0.4, 0.5) is 5.69 Å². The molecule has 8 nitrogen and oxygen atoms in total. The molecule has 0 saturated carbocycles. The van der Waals surface area contributed by atoms with Crippen LogP contribution >= 0.6 is 0 Å². The van der Waals surface area contributed by atoms with Crippen LogP contribution in [-0.2, 0) is 26.2 Å². The summed E-state index contributed by atoms with van der Waals surface area (Å²) in [6.45, 7) is 3.30. The Balaban J connectivity index is 2.05. The van der Waals surface area contributed by atoms with Crippen molar-refractivity contribution in [2.24, 2.45) is 0 Å². The topological polar surface area (TPSA) is 96.0 Å². The largest absolute Gasteiger partial charge is 0.497 e. The molecule has 0 spiro atoms. The quantitative estimate of drug-likeness (QED) is 0.413. The summed E-state index contributed by atoms with van der Waals surface area (Å²) < 4.78 is 33.9. The molecule has 0 saturated heterocycles. The van der Waals surface area contributed by atoms with Crippen molar-refractivity contribution in [3.8, 4) is 5.75 Å². The second-order valence-electron chi connectivity index (χ2n) is 8.58. The number of nitrogens with zero attached hydrogens (tertiary/aromatic N) is 2. The van der Waals surface area contributed by atoms with E-state index in [4.69, 9.17) is 4.74 Å². The van der Waals surface area contributed by atoms with Crippen molar-refractivity contribution < 1.29 is 22.7 Å². The molecule has 3 aromatic carbocycles. The molecule has 3 rings (SSSR count). The number of methoxy groups -OCH3 is 1. The van der Waals surface area contributed by atoms with Gasteiger partial charge in [0, 0.05) is 13.6 Å². The fourth-order valence-electron chi connectivity index (χ4n) is 4.09. The number of sulfonamides is 1. The molecule has 0 fully saturated rings. The smallest absolute Gasteiger partial charge is 0.264 e. The van der Waals surface area contributed by atoms with Crippen LogP contribution in [0, 0.1) is 6.92 Å². The molecule has 1 N–H and O–H groups in total. The molecule has 1 unspecified atom stereocenters. The molecule has 0 bridgehead atoms. The lowest BCUT2D eigenvalue weighted by Gasteiger charge is -2.33. The normalized spacial score (nSPS) is 11.9. The molecule has 1 atom stereocenters. The molecule has 196 valence electrons. The van der Waals surface area contributed by atoms with Crippen molar-refractivity contribution in [1.82, 2.24) is 10.2 Å². The van der Waals surface area contributed by atoms with Crippen LogP contribution in [0.15, 0.2) is 83.8 Å². The monoisotopic (exact) mass is 523 g/mol. The summed E-state index contributed by atoms with van der Waals surface area (Å²) in [7, 11) is -1.01. The number of hydrogen-bond acceptors (Lipinski definition) is 5. The Bertz CT molecular complexity index is 1330. The average molecular weight is 524 g/mol. The highest BCUT2D eigenvalue weighted by atomic mass is 32.2. The Labute approximate surface area is 218 Å². The zero-order valence-corrected chi connectivity index (χ0v) is 22.4. The van der Waals surface area contributed by atoms with E-state index in [0.717, 1.165) is 15.4 Å². The minimum absolute atomic E-state index is 0.0713. The number of carbonyl (C=O) groups excluding carboxylic acids is 2. The summed E-state index contributed by atoms with van der Waals surface area (Å²) >= 11 is 0. The standard InChI is InChI=1S/C28H33N3O5S/c1-5-26(28(33)29-3)30(19-22-12-10-14-24(18-22)36-4)27(32)20-31(23-13-9-11-21(2)17-23)37(34,35)25-15-7-6-8-16-25/h6-18,26H,5,19-20H2,1-4H3,(H,29,33). The van der Waals surface area contributed by atoms with Gasteiger partial charge in [-0.3, -0.25) is 13.9 Å². The number of anilines is 1. The van der Waals surface area contributed by atoms with Gasteiger partial charge in [0.15, 0.2) is 0 Å². The third kappa shape index (κ3) is 6.68. The first kappa shape index (κ1) is 27.7. The average Bonchev–Trinajstić information content (AvgIpc) is 2.91. The van der Waals surface area contributed by atoms with Gasteiger partial charge in [-0.15, -0.1) is 0 Å². The van der Waals surface area contributed by atoms with Crippen LogP contribution < -0.4 is 14.4 Å². The lowest BCUT2D eigenvalue weighted by Crippen LogP contribution is -2.51. The molecule has 0 heterocycles. The minimum Gasteiger partial charge on any atom is -0.497 e. The molecule has 0 aliphatic carbocycles. The molecule has 2 amide bonds. The maximum Gasteiger partial charge on any atom is 0.264 e. The van der Waals surface area contributed by atoms with Gasteiger partial charge in [0.05, 0.1) is 17.7 Å². The zero-order chi connectivity index (χ0) is 27.0. The second-order valence-corrected chi connectivity index (χ2v) is 10.4. The lowest BCUT2D eigenvalue weighted by molar-refractivity contribution is -0.140. The number of benzene rings is 3. The van der Waals surface area contributed by atoms with Crippen molar-refractivity contribution in [2.75, 3.05) is 25.0 Å². The molecular weight excluding hydrogens is 490 g/mol. The number of amides is 2. The molecule has 0 aromatic heterocycles. The first-order valence-electron chi connectivity index (χ1n) is 12.0. The van der Waals surface area contributed by atoms with Gasteiger partial charge in [0.2, 0.25) is 11.8 Å². The molecular formula is C28H33N3O5S. The van der Waals surface area contributed by atoms with E-state index in [-0.39, 0.29) is 17.3 Å². The van der Waals surface area contributed by atoms with Gasteiger partial charge in [-0.05, 0) is 60.9 Å². The number of rotatable bonds is 11. The summed E-state index contributed by atoms with van der Waals surface area (Å²) in [5.41, 5.74) is 1.97. The van der Waals surface area contributed by atoms with E-state index >= 15 is 0 Å². The predicted molar refractivity (Wildman–Crippen MR) is 144 cm³/mol. The van der Waals surface area contributed by atoms with E-state index in [1.807, 2.05) is 26.0 Å². The van der Waals surface area contributed by atoms with E-state index in [0.29, 0.717) is 17.9 Å². The Kier molecular flexibility index (Phi) is 9.30. The van der Waals surface area contributed by atoms with Crippen molar-refractivity contribution in [3.05, 3.63) is 90.0 Å². The Morgan fingerprint density at radius 1 is 0.973 bits per heavy atom. The summed E-state index contributed by atoms with van der Waals surface area (Å²) in [5, 5.41) is 2.62. The molecule has 0 radical (unpaired) electrons.